The molecule has 0 unspecified atom stereocenters. The highest BCUT2D eigenvalue weighted by Gasteiger charge is 2.24. The van der Waals surface area contributed by atoms with Crippen molar-refractivity contribution in [3.63, 3.8) is 0 Å². The van der Waals surface area contributed by atoms with Crippen LogP contribution < -0.4 is 14.8 Å². The lowest BCUT2D eigenvalue weighted by molar-refractivity contribution is 0.102. The van der Waals surface area contributed by atoms with E-state index >= 15 is 0 Å². The van der Waals surface area contributed by atoms with E-state index in [2.05, 4.69) is 21.2 Å². The molecule has 35 heavy (non-hydrogen) atoms. The molecule has 7 heteroatoms. The molecular weight excluding hydrogens is 524 g/mol. The molecule has 0 spiro atoms. The van der Waals surface area contributed by atoms with Crippen LogP contribution in [0.5, 0.6) is 11.5 Å². The Morgan fingerprint density at radius 2 is 1.80 bits per heavy atom. The van der Waals surface area contributed by atoms with E-state index in [0.29, 0.717) is 30.3 Å². The Morgan fingerprint density at radius 1 is 1.06 bits per heavy atom. The Labute approximate surface area is 219 Å². The monoisotopic (exact) mass is 554 g/mol. The van der Waals surface area contributed by atoms with E-state index in [0.717, 1.165) is 52.0 Å². The van der Waals surface area contributed by atoms with Gasteiger partial charge < -0.3 is 14.8 Å². The molecule has 1 heterocycles. The molecule has 0 radical (unpaired) electrons. The van der Waals surface area contributed by atoms with Crippen molar-refractivity contribution < 1.29 is 14.3 Å². The van der Waals surface area contributed by atoms with Crippen LogP contribution in [0.4, 0.5) is 10.7 Å². The van der Waals surface area contributed by atoms with Crippen LogP contribution >= 0.6 is 27.3 Å². The first-order valence-corrected chi connectivity index (χ1v) is 13.9. The molecule has 5 nitrogen and oxygen atoms in total. The molecule has 1 aliphatic carbocycles. The van der Waals surface area contributed by atoms with Crippen molar-refractivity contribution >= 4 is 50.1 Å². The van der Waals surface area contributed by atoms with Crippen molar-refractivity contribution in [2.45, 2.75) is 52.4 Å². The molecule has 0 saturated heterocycles. The average molecular weight is 556 g/mol. The number of benzene rings is 2. The molecule has 1 aliphatic rings. The number of aryl methyl sites for hydroxylation is 1. The van der Waals surface area contributed by atoms with Crippen molar-refractivity contribution in [3.8, 4) is 11.5 Å². The normalized spacial score (nSPS) is 13.7. The van der Waals surface area contributed by atoms with Gasteiger partial charge in [-0.15, -0.1) is 11.3 Å². The Balaban J connectivity index is 1.71. The van der Waals surface area contributed by atoms with E-state index < -0.39 is 0 Å². The largest absolute Gasteiger partial charge is 0.490 e. The number of rotatable bonds is 8. The van der Waals surface area contributed by atoms with Crippen LogP contribution in [0.15, 0.2) is 51.9 Å². The van der Waals surface area contributed by atoms with E-state index in [9.17, 15) is 4.79 Å². The molecule has 1 amide bonds. The summed E-state index contributed by atoms with van der Waals surface area (Å²) in [5, 5.41) is 3.83. The average Bonchev–Trinajstić information content (AvgIpc) is 3.17. The fourth-order valence-corrected chi connectivity index (χ4v) is 6.09. The van der Waals surface area contributed by atoms with Crippen LogP contribution in [0.1, 0.15) is 65.9 Å². The number of fused-ring (bicyclic) bond motifs is 1. The van der Waals surface area contributed by atoms with Gasteiger partial charge in [-0.05, 0) is 90.9 Å². The van der Waals surface area contributed by atoms with Crippen molar-refractivity contribution in [2.24, 2.45) is 4.99 Å². The topological polar surface area (TPSA) is 59.9 Å². The zero-order valence-electron chi connectivity index (χ0n) is 20.2. The molecule has 2 aromatic carbocycles. The van der Waals surface area contributed by atoms with Crippen molar-refractivity contribution in [2.75, 3.05) is 18.5 Å². The summed E-state index contributed by atoms with van der Waals surface area (Å²) in [6.45, 7) is 4.98. The predicted octanol–water partition coefficient (Wildman–Crippen LogP) is 7.97. The number of nitrogens with one attached hydrogen (secondary N) is 1. The lowest BCUT2D eigenvalue weighted by Crippen LogP contribution is -2.14. The van der Waals surface area contributed by atoms with Crippen molar-refractivity contribution in [1.82, 2.24) is 0 Å². The smallest absolute Gasteiger partial charge is 0.259 e. The van der Waals surface area contributed by atoms with Gasteiger partial charge >= 0.3 is 0 Å². The van der Waals surface area contributed by atoms with Crippen LogP contribution in [0.2, 0.25) is 0 Å². The molecule has 0 aliphatic heterocycles. The van der Waals surface area contributed by atoms with Gasteiger partial charge in [0.05, 0.1) is 23.2 Å². The number of nitrogens with zero attached hydrogens (tertiary/aromatic N) is 1. The van der Waals surface area contributed by atoms with E-state index in [-0.39, 0.29) is 5.91 Å². The van der Waals surface area contributed by atoms with Gasteiger partial charge in [0.2, 0.25) is 0 Å². The number of halogens is 1. The summed E-state index contributed by atoms with van der Waals surface area (Å²) in [4.78, 5) is 19.6. The van der Waals surface area contributed by atoms with E-state index in [1.54, 1.807) is 17.6 Å². The minimum absolute atomic E-state index is 0.0932. The van der Waals surface area contributed by atoms with Gasteiger partial charge in [0.15, 0.2) is 11.5 Å². The molecule has 3 aromatic rings. The first-order chi connectivity index (χ1) is 17.1. The zero-order valence-corrected chi connectivity index (χ0v) is 22.6. The SMILES string of the molecule is CCOc1cc(C=Nc2sc3c(c2C(=O)Nc2ccccc2)CCCCCC3)cc(Br)c1OCC. The Hall–Kier alpha value is -2.64. The third-order valence-electron chi connectivity index (χ3n) is 5.86. The Morgan fingerprint density at radius 3 is 2.54 bits per heavy atom. The van der Waals surface area contributed by atoms with Crippen LogP contribution in [-0.4, -0.2) is 25.3 Å². The van der Waals surface area contributed by atoms with Gasteiger partial charge in [0.1, 0.15) is 5.00 Å². The minimum atomic E-state index is -0.0932. The highest BCUT2D eigenvalue weighted by atomic mass is 79.9. The predicted molar refractivity (Wildman–Crippen MR) is 148 cm³/mol. The number of carbonyl (C=O) groups is 1. The van der Waals surface area contributed by atoms with Crippen LogP contribution in [-0.2, 0) is 12.8 Å². The number of aliphatic imine (C=N–C) groups is 1. The standard InChI is InChI=1S/C28H31BrN2O3S/c1-3-33-23-17-19(16-22(29)26(23)34-4-2)18-30-28-25(27(32)31-20-12-8-7-9-13-20)21-14-10-5-6-11-15-24(21)35-28/h7-9,12-13,16-18H,3-6,10-11,14-15H2,1-2H3,(H,31,32). The first kappa shape index (κ1) is 25.5. The second-order valence-corrected chi connectivity index (χ2v) is 10.3. The lowest BCUT2D eigenvalue weighted by atomic mass is 9.96. The maximum Gasteiger partial charge on any atom is 0.259 e. The second-order valence-electron chi connectivity index (χ2n) is 8.37. The Bertz CT molecular complexity index is 1190. The number of thiophene rings is 1. The lowest BCUT2D eigenvalue weighted by Gasteiger charge is -2.13. The number of anilines is 1. The quantitative estimate of drug-likeness (QED) is 0.287. The third-order valence-corrected chi connectivity index (χ3v) is 7.65. The summed E-state index contributed by atoms with van der Waals surface area (Å²) in [5.74, 6) is 1.27. The van der Waals surface area contributed by atoms with Crippen LogP contribution in [0.3, 0.4) is 0 Å². The summed E-state index contributed by atoms with van der Waals surface area (Å²) in [6, 6.07) is 13.5. The maximum atomic E-state index is 13.5. The molecular formula is C28H31BrN2O3S. The van der Waals surface area contributed by atoms with Gasteiger partial charge in [0.25, 0.3) is 5.91 Å². The summed E-state index contributed by atoms with van der Waals surface area (Å²) >= 11 is 5.25. The molecule has 184 valence electrons. The molecule has 0 saturated carbocycles. The van der Waals surface area contributed by atoms with Gasteiger partial charge in [-0.25, -0.2) is 4.99 Å². The summed E-state index contributed by atoms with van der Waals surface area (Å²) in [5.41, 5.74) is 3.54. The van der Waals surface area contributed by atoms with Crippen LogP contribution in [0.25, 0.3) is 0 Å². The first-order valence-electron chi connectivity index (χ1n) is 12.2. The molecule has 1 aromatic heterocycles. The number of hydrogen-bond acceptors (Lipinski definition) is 5. The van der Waals surface area contributed by atoms with Gasteiger partial charge in [0, 0.05) is 16.8 Å². The molecule has 0 fully saturated rings. The van der Waals surface area contributed by atoms with Crippen molar-refractivity contribution in [1.29, 1.82) is 0 Å². The highest BCUT2D eigenvalue weighted by molar-refractivity contribution is 9.10. The second kappa shape index (κ2) is 12.4. The number of carbonyl (C=O) groups excluding carboxylic acids is 1. The summed E-state index contributed by atoms with van der Waals surface area (Å²) in [6.07, 6.45) is 8.42. The van der Waals surface area contributed by atoms with Gasteiger partial charge in [-0.3, -0.25) is 4.79 Å². The van der Waals surface area contributed by atoms with E-state index in [4.69, 9.17) is 14.5 Å². The highest BCUT2D eigenvalue weighted by Crippen LogP contribution is 2.40. The Kier molecular flexibility index (Phi) is 8.99. The number of para-hydroxylation sites is 1. The molecule has 4 rings (SSSR count). The zero-order chi connectivity index (χ0) is 24.6. The number of ether oxygens (including phenoxy) is 2. The summed E-state index contributed by atoms with van der Waals surface area (Å²) < 4.78 is 12.4. The number of amides is 1. The number of hydrogen-bond donors (Lipinski definition) is 1. The van der Waals surface area contributed by atoms with Crippen LogP contribution in [0, 0.1) is 0 Å². The van der Waals surface area contributed by atoms with E-state index in [1.807, 2.05) is 56.3 Å². The van der Waals surface area contributed by atoms with Crippen molar-refractivity contribution in [3.05, 3.63) is 68.5 Å². The molecule has 0 atom stereocenters. The third kappa shape index (κ3) is 6.33. The van der Waals surface area contributed by atoms with E-state index in [1.165, 1.54) is 17.7 Å². The minimum Gasteiger partial charge on any atom is -0.490 e. The fourth-order valence-electron chi connectivity index (χ4n) is 4.29. The van der Waals surface area contributed by atoms with Gasteiger partial charge in [-0.1, -0.05) is 31.0 Å². The maximum absolute atomic E-state index is 13.5. The van der Waals surface area contributed by atoms with Gasteiger partial charge in [-0.2, -0.15) is 0 Å². The summed E-state index contributed by atoms with van der Waals surface area (Å²) in [7, 11) is 0. The molecule has 0 bridgehead atoms. The molecule has 1 N–H and O–H groups in total. The fraction of sp³-hybridized carbons (Fsp3) is 0.357.